The molecule has 0 saturated heterocycles. The minimum atomic E-state index is -0.462. The second-order valence-electron chi connectivity index (χ2n) is 6.01. The maximum absolute atomic E-state index is 12.4. The topological polar surface area (TPSA) is 89.5 Å². The molecular formula is C19H14N4O3S. The van der Waals surface area contributed by atoms with Gasteiger partial charge in [-0.25, -0.2) is 4.98 Å². The Morgan fingerprint density at radius 2 is 2.00 bits per heavy atom. The Kier molecular flexibility index (Phi) is 4.17. The van der Waals surface area contributed by atoms with Crippen molar-refractivity contribution in [3.63, 3.8) is 0 Å². The van der Waals surface area contributed by atoms with Crippen LogP contribution in [0.25, 0.3) is 16.2 Å². The van der Waals surface area contributed by atoms with E-state index in [-0.39, 0.29) is 11.6 Å². The van der Waals surface area contributed by atoms with Gasteiger partial charge in [0.15, 0.2) is 4.96 Å². The summed E-state index contributed by atoms with van der Waals surface area (Å²) in [6.45, 7) is 1.61. The van der Waals surface area contributed by atoms with E-state index in [2.05, 4.69) is 10.3 Å². The number of amides is 1. The number of nitrogens with one attached hydrogen (secondary N) is 1. The van der Waals surface area contributed by atoms with Crippen LogP contribution >= 0.6 is 11.3 Å². The van der Waals surface area contributed by atoms with Gasteiger partial charge in [0.2, 0.25) is 0 Å². The summed E-state index contributed by atoms with van der Waals surface area (Å²) in [5, 5.41) is 15.7. The molecule has 0 saturated carbocycles. The maximum atomic E-state index is 12.4. The number of rotatable bonds is 4. The van der Waals surface area contributed by atoms with Gasteiger partial charge in [0.25, 0.3) is 11.6 Å². The number of nitrogens with zero attached hydrogens (tertiary/aromatic N) is 3. The van der Waals surface area contributed by atoms with E-state index in [1.165, 1.54) is 18.2 Å². The number of benzene rings is 2. The first-order valence-electron chi connectivity index (χ1n) is 8.10. The van der Waals surface area contributed by atoms with Crippen molar-refractivity contribution in [2.24, 2.45) is 0 Å². The Morgan fingerprint density at radius 3 is 2.67 bits per heavy atom. The fraction of sp³-hybridized carbons (Fsp3) is 0.0526. The summed E-state index contributed by atoms with van der Waals surface area (Å²) >= 11 is 1.57. The highest BCUT2D eigenvalue weighted by Crippen LogP contribution is 2.24. The third-order valence-electron chi connectivity index (χ3n) is 4.19. The maximum Gasteiger partial charge on any atom is 0.272 e. The van der Waals surface area contributed by atoms with E-state index in [0.29, 0.717) is 16.8 Å². The first-order valence-corrected chi connectivity index (χ1v) is 8.98. The highest BCUT2D eigenvalue weighted by Gasteiger charge is 2.14. The van der Waals surface area contributed by atoms with Gasteiger partial charge in [-0.15, -0.1) is 11.3 Å². The number of nitro groups is 1. The number of thiazole rings is 1. The van der Waals surface area contributed by atoms with Crippen molar-refractivity contribution >= 4 is 33.6 Å². The number of aromatic nitrogens is 2. The zero-order valence-corrected chi connectivity index (χ0v) is 15.1. The minimum absolute atomic E-state index is 0.00382. The molecule has 0 aliphatic rings. The van der Waals surface area contributed by atoms with Crippen LogP contribution in [0.15, 0.2) is 60.2 Å². The van der Waals surface area contributed by atoms with Crippen LogP contribution < -0.4 is 5.32 Å². The molecule has 8 heteroatoms. The predicted octanol–water partition coefficient (Wildman–Crippen LogP) is 4.53. The summed E-state index contributed by atoms with van der Waals surface area (Å²) in [5.74, 6) is -0.316. The molecule has 1 N–H and O–H groups in total. The van der Waals surface area contributed by atoms with Crippen LogP contribution in [-0.2, 0) is 0 Å². The molecule has 2 aromatic carbocycles. The molecule has 0 aliphatic heterocycles. The molecule has 2 heterocycles. The molecule has 4 aromatic rings. The van der Waals surface area contributed by atoms with Gasteiger partial charge in [-0.05, 0) is 31.2 Å². The van der Waals surface area contributed by atoms with E-state index in [0.717, 1.165) is 16.2 Å². The SMILES string of the molecule is Cc1cc(C(=O)Nc2ccc(-c3cn4ccsc4n3)cc2)ccc1[N+](=O)[O-]. The second-order valence-corrected chi connectivity index (χ2v) is 6.88. The molecule has 0 unspecified atom stereocenters. The molecule has 4 rings (SSSR count). The monoisotopic (exact) mass is 378 g/mol. The van der Waals surface area contributed by atoms with Crippen LogP contribution in [0.4, 0.5) is 11.4 Å². The summed E-state index contributed by atoms with van der Waals surface area (Å²) in [4.78, 5) is 28.3. The molecule has 1 amide bonds. The van der Waals surface area contributed by atoms with E-state index < -0.39 is 4.92 Å². The van der Waals surface area contributed by atoms with E-state index in [9.17, 15) is 14.9 Å². The van der Waals surface area contributed by atoms with E-state index in [1.807, 2.05) is 34.3 Å². The lowest BCUT2D eigenvalue weighted by Gasteiger charge is -2.07. The molecule has 0 aliphatic carbocycles. The van der Waals surface area contributed by atoms with Gasteiger partial charge >= 0.3 is 0 Å². The van der Waals surface area contributed by atoms with Crippen molar-refractivity contribution in [1.29, 1.82) is 0 Å². The molecule has 0 fully saturated rings. The number of imidazole rings is 1. The highest BCUT2D eigenvalue weighted by molar-refractivity contribution is 7.15. The Labute approximate surface area is 158 Å². The number of fused-ring (bicyclic) bond motifs is 1. The molecule has 27 heavy (non-hydrogen) atoms. The van der Waals surface area contributed by atoms with Gasteiger partial charge in [-0.1, -0.05) is 12.1 Å². The van der Waals surface area contributed by atoms with Crippen LogP contribution in [-0.4, -0.2) is 20.2 Å². The van der Waals surface area contributed by atoms with Crippen LogP contribution in [0.3, 0.4) is 0 Å². The predicted molar refractivity (Wildman–Crippen MR) is 104 cm³/mol. The number of aryl methyl sites for hydroxylation is 1. The summed E-state index contributed by atoms with van der Waals surface area (Å²) in [6, 6.07) is 11.7. The van der Waals surface area contributed by atoms with Crippen LogP contribution in [0, 0.1) is 17.0 Å². The fourth-order valence-corrected chi connectivity index (χ4v) is 3.50. The number of anilines is 1. The zero-order valence-electron chi connectivity index (χ0n) is 14.2. The van der Waals surface area contributed by atoms with Crippen molar-refractivity contribution < 1.29 is 9.72 Å². The quantitative estimate of drug-likeness (QED) is 0.417. The van der Waals surface area contributed by atoms with Crippen LogP contribution in [0.5, 0.6) is 0 Å². The largest absolute Gasteiger partial charge is 0.322 e. The van der Waals surface area contributed by atoms with Crippen molar-refractivity contribution in [2.45, 2.75) is 6.92 Å². The van der Waals surface area contributed by atoms with Gasteiger partial charge in [-0.2, -0.15) is 0 Å². The average Bonchev–Trinajstić information content (AvgIpc) is 3.24. The van der Waals surface area contributed by atoms with Crippen LogP contribution in [0.1, 0.15) is 15.9 Å². The standard InChI is InChI=1S/C19H14N4O3S/c1-12-10-14(4-7-17(12)23(25)26)18(24)20-15-5-2-13(3-6-15)16-11-22-8-9-27-19(22)21-16/h2-11H,1H3,(H,20,24). The van der Waals surface area contributed by atoms with Gasteiger partial charge in [0, 0.05) is 46.2 Å². The van der Waals surface area contributed by atoms with Crippen molar-refractivity contribution in [3.05, 3.63) is 81.5 Å². The minimum Gasteiger partial charge on any atom is -0.322 e. The summed E-state index contributed by atoms with van der Waals surface area (Å²) in [6.07, 6.45) is 3.91. The zero-order chi connectivity index (χ0) is 19.0. The molecule has 0 spiro atoms. The lowest BCUT2D eigenvalue weighted by molar-refractivity contribution is -0.385. The number of carbonyl (C=O) groups excluding carboxylic acids is 1. The van der Waals surface area contributed by atoms with E-state index in [4.69, 9.17) is 0 Å². The Hall–Kier alpha value is -3.52. The molecule has 134 valence electrons. The summed E-state index contributed by atoms with van der Waals surface area (Å²) in [5.41, 5.74) is 3.27. The van der Waals surface area contributed by atoms with Gasteiger partial charge in [0.1, 0.15) is 0 Å². The first-order chi connectivity index (χ1) is 13.0. The summed E-state index contributed by atoms with van der Waals surface area (Å²) in [7, 11) is 0. The third-order valence-corrected chi connectivity index (χ3v) is 4.96. The number of carbonyl (C=O) groups is 1. The summed E-state index contributed by atoms with van der Waals surface area (Å²) < 4.78 is 1.96. The number of nitro benzene ring substituents is 1. The average molecular weight is 378 g/mol. The number of hydrogen-bond acceptors (Lipinski definition) is 5. The van der Waals surface area contributed by atoms with E-state index >= 15 is 0 Å². The number of hydrogen-bond donors (Lipinski definition) is 1. The first kappa shape index (κ1) is 16.9. The van der Waals surface area contributed by atoms with Crippen molar-refractivity contribution in [1.82, 2.24) is 9.38 Å². The van der Waals surface area contributed by atoms with Gasteiger partial charge < -0.3 is 5.32 Å². The molecule has 0 radical (unpaired) electrons. The Bertz CT molecular complexity index is 1130. The fourth-order valence-electron chi connectivity index (χ4n) is 2.80. The smallest absolute Gasteiger partial charge is 0.272 e. The molecule has 0 bridgehead atoms. The lowest BCUT2D eigenvalue weighted by Crippen LogP contribution is -2.12. The molecule has 7 nitrogen and oxygen atoms in total. The third kappa shape index (κ3) is 3.30. The Morgan fingerprint density at radius 1 is 1.22 bits per heavy atom. The van der Waals surface area contributed by atoms with Gasteiger partial charge in [0.05, 0.1) is 10.6 Å². The highest BCUT2D eigenvalue weighted by atomic mass is 32.1. The lowest BCUT2D eigenvalue weighted by atomic mass is 10.1. The molecular weight excluding hydrogens is 364 g/mol. The normalized spacial score (nSPS) is 10.9. The molecule has 2 aromatic heterocycles. The Balaban J connectivity index is 1.51. The van der Waals surface area contributed by atoms with E-state index in [1.54, 1.807) is 30.4 Å². The van der Waals surface area contributed by atoms with Gasteiger partial charge in [-0.3, -0.25) is 19.3 Å². The van der Waals surface area contributed by atoms with Crippen molar-refractivity contribution in [3.8, 4) is 11.3 Å². The van der Waals surface area contributed by atoms with Crippen molar-refractivity contribution in [2.75, 3.05) is 5.32 Å². The molecule has 0 atom stereocenters. The second kappa shape index (κ2) is 6.65. The van der Waals surface area contributed by atoms with Crippen LogP contribution in [0.2, 0.25) is 0 Å².